The number of nitrogens with one attached hydrogen (secondary N) is 1. The molecule has 0 saturated heterocycles. The molecule has 2 aromatic heterocycles. The Labute approximate surface area is 153 Å². The van der Waals surface area contributed by atoms with Crippen LogP contribution in [0.3, 0.4) is 0 Å². The number of benzene rings is 1. The van der Waals surface area contributed by atoms with Crippen LogP contribution in [0.25, 0.3) is 5.65 Å². The van der Waals surface area contributed by atoms with E-state index in [1.807, 2.05) is 0 Å². The van der Waals surface area contributed by atoms with Gasteiger partial charge in [-0.2, -0.15) is 0 Å². The lowest BCUT2D eigenvalue weighted by atomic mass is 10.3. The Bertz CT molecular complexity index is 929. The van der Waals surface area contributed by atoms with E-state index >= 15 is 0 Å². The molecule has 2 heterocycles. The molecular weight excluding hydrogens is 368 g/mol. The molecule has 0 aliphatic heterocycles. The quantitative estimate of drug-likeness (QED) is 0.729. The summed E-state index contributed by atoms with van der Waals surface area (Å²) in [7, 11) is 0. The van der Waals surface area contributed by atoms with Crippen molar-refractivity contribution in [3.8, 4) is 5.75 Å². The molecule has 0 radical (unpaired) electrons. The summed E-state index contributed by atoms with van der Waals surface area (Å²) in [5.74, 6) is -0.312. The molecule has 1 amide bonds. The summed E-state index contributed by atoms with van der Waals surface area (Å²) in [6.07, 6.45) is 2.22. The van der Waals surface area contributed by atoms with Crippen molar-refractivity contribution in [2.45, 2.75) is 19.6 Å². The molecule has 1 atom stereocenters. The number of rotatable bonds is 5. The van der Waals surface area contributed by atoms with E-state index in [0.29, 0.717) is 27.1 Å². The Balaban J connectivity index is 1.60. The Hall–Kier alpha value is -2.31. The maximum Gasteiger partial charge on any atom is 0.261 e. The fourth-order valence-electron chi connectivity index (χ4n) is 2.24. The molecule has 0 spiro atoms. The molecular formula is C17H14Cl2FN3O2. The molecule has 3 aromatic rings. The van der Waals surface area contributed by atoms with Crippen LogP contribution >= 0.6 is 23.2 Å². The first-order valence-corrected chi connectivity index (χ1v) is 8.20. The van der Waals surface area contributed by atoms with Crippen LogP contribution in [0.2, 0.25) is 10.0 Å². The molecule has 130 valence electrons. The van der Waals surface area contributed by atoms with Crippen LogP contribution in [0.5, 0.6) is 5.75 Å². The van der Waals surface area contributed by atoms with Gasteiger partial charge in [-0.3, -0.25) is 4.79 Å². The van der Waals surface area contributed by atoms with Gasteiger partial charge in [-0.15, -0.1) is 0 Å². The van der Waals surface area contributed by atoms with Crippen molar-refractivity contribution < 1.29 is 13.9 Å². The lowest BCUT2D eigenvalue weighted by Gasteiger charge is -2.15. The van der Waals surface area contributed by atoms with Gasteiger partial charge in [-0.05, 0) is 37.3 Å². The second-order valence-corrected chi connectivity index (χ2v) is 6.24. The fraction of sp³-hybridized carbons (Fsp3) is 0.176. The minimum absolute atomic E-state index is 0.199. The van der Waals surface area contributed by atoms with E-state index in [2.05, 4.69) is 10.3 Å². The maximum atomic E-state index is 13.2. The summed E-state index contributed by atoms with van der Waals surface area (Å²) in [6.45, 7) is 1.81. The van der Waals surface area contributed by atoms with Gasteiger partial charge in [0.1, 0.15) is 17.2 Å². The number of amides is 1. The van der Waals surface area contributed by atoms with Crippen molar-refractivity contribution in [2.24, 2.45) is 0 Å². The molecule has 0 bridgehead atoms. The number of aromatic nitrogens is 2. The number of ether oxygens (including phenoxy) is 1. The number of nitrogens with zero attached hydrogens (tertiary/aromatic N) is 2. The van der Waals surface area contributed by atoms with Crippen molar-refractivity contribution in [3.63, 3.8) is 0 Å². The van der Waals surface area contributed by atoms with E-state index < -0.39 is 6.10 Å². The van der Waals surface area contributed by atoms with Gasteiger partial charge >= 0.3 is 0 Å². The molecule has 1 aromatic carbocycles. The number of imidazole rings is 1. The van der Waals surface area contributed by atoms with Crippen molar-refractivity contribution in [3.05, 3.63) is 64.3 Å². The van der Waals surface area contributed by atoms with E-state index in [-0.39, 0.29) is 18.3 Å². The summed E-state index contributed by atoms with van der Waals surface area (Å²) in [6, 6.07) is 7.67. The predicted molar refractivity (Wildman–Crippen MR) is 93.5 cm³/mol. The van der Waals surface area contributed by atoms with Gasteiger partial charge in [-0.1, -0.05) is 23.2 Å². The van der Waals surface area contributed by atoms with Crippen LogP contribution in [0, 0.1) is 5.82 Å². The van der Waals surface area contributed by atoms with Crippen LogP contribution in [0.1, 0.15) is 12.6 Å². The van der Waals surface area contributed by atoms with Gasteiger partial charge in [0.15, 0.2) is 6.10 Å². The van der Waals surface area contributed by atoms with E-state index in [1.165, 1.54) is 12.3 Å². The number of halogens is 3. The fourth-order valence-corrected chi connectivity index (χ4v) is 2.69. The molecule has 0 aliphatic rings. The molecule has 5 nitrogen and oxygen atoms in total. The highest BCUT2D eigenvalue weighted by molar-refractivity contribution is 6.35. The molecule has 0 saturated carbocycles. The van der Waals surface area contributed by atoms with Crippen molar-refractivity contribution >= 4 is 34.8 Å². The first-order valence-electron chi connectivity index (χ1n) is 7.45. The average molecular weight is 382 g/mol. The van der Waals surface area contributed by atoms with Gasteiger partial charge in [0.25, 0.3) is 5.91 Å². The summed E-state index contributed by atoms with van der Waals surface area (Å²) in [5.41, 5.74) is 1.21. The number of carbonyl (C=O) groups is 1. The van der Waals surface area contributed by atoms with Crippen LogP contribution in [0.15, 0.2) is 42.7 Å². The van der Waals surface area contributed by atoms with Crippen LogP contribution in [-0.2, 0) is 11.3 Å². The highest BCUT2D eigenvalue weighted by atomic mass is 35.5. The summed E-state index contributed by atoms with van der Waals surface area (Å²) >= 11 is 11.8. The zero-order valence-electron chi connectivity index (χ0n) is 13.2. The molecule has 25 heavy (non-hydrogen) atoms. The van der Waals surface area contributed by atoms with Crippen molar-refractivity contribution in [1.82, 2.24) is 14.7 Å². The van der Waals surface area contributed by atoms with E-state index in [4.69, 9.17) is 27.9 Å². The topological polar surface area (TPSA) is 55.6 Å². The summed E-state index contributed by atoms with van der Waals surface area (Å²) in [4.78, 5) is 16.5. The molecule has 0 aliphatic carbocycles. The zero-order chi connectivity index (χ0) is 18.0. The monoisotopic (exact) mass is 381 g/mol. The third kappa shape index (κ3) is 4.21. The number of fused-ring (bicyclic) bond motifs is 1. The zero-order valence-corrected chi connectivity index (χ0v) is 14.7. The minimum atomic E-state index is -0.756. The highest BCUT2D eigenvalue weighted by Crippen LogP contribution is 2.28. The van der Waals surface area contributed by atoms with E-state index in [9.17, 15) is 9.18 Å². The summed E-state index contributed by atoms with van der Waals surface area (Å²) < 4.78 is 20.3. The van der Waals surface area contributed by atoms with E-state index in [0.717, 1.165) is 0 Å². The largest absolute Gasteiger partial charge is 0.479 e. The summed E-state index contributed by atoms with van der Waals surface area (Å²) in [5, 5.41) is 3.54. The molecule has 3 rings (SSSR count). The molecule has 1 N–H and O–H groups in total. The van der Waals surface area contributed by atoms with Crippen molar-refractivity contribution in [1.29, 1.82) is 0 Å². The first-order chi connectivity index (χ1) is 11.9. The van der Waals surface area contributed by atoms with Gasteiger partial charge in [0.05, 0.1) is 17.3 Å². The molecule has 0 fully saturated rings. The van der Waals surface area contributed by atoms with Gasteiger partial charge in [0.2, 0.25) is 0 Å². The van der Waals surface area contributed by atoms with Gasteiger partial charge < -0.3 is 14.5 Å². The number of carbonyl (C=O) groups excluding carboxylic acids is 1. The van der Waals surface area contributed by atoms with Gasteiger partial charge in [0, 0.05) is 17.4 Å². The Kier molecular flexibility index (Phi) is 5.11. The standard InChI is InChI=1S/C17H14Cl2FN3O2/c1-10(25-15-4-2-11(18)6-14(15)19)17(24)21-7-13-9-23-8-12(20)3-5-16(23)22-13/h2-6,8-10H,7H2,1H3,(H,21,24). The normalized spacial score (nSPS) is 12.2. The lowest BCUT2D eigenvalue weighted by molar-refractivity contribution is -0.127. The predicted octanol–water partition coefficient (Wildman–Crippen LogP) is 3.86. The Morgan fingerprint density at radius 3 is 2.88 bits per heavy atom. The molecule has 8 heteroatoms. The third-order valence-electron chi connectivity index (χ3n) is 3.48. The second kappa shape index (κ2) is 7.29. The SMILES string of the molecule is CC(Oc1ccc(Cl)cc1Cl)C(=O)NCc1cn2cc(F)ccc2n1. The van der Waals surface area contributed by atoms with E-state index in [1.54, 1.807) is 41.8 Å². The Morgan fingerprint density at radius 1 is 1.32 bits per heavy atom. The maximum absolute atomic E-state index is 13.2. The number of hydrogen-bond acceptors (Lipinski definition) is 3. The minimum Gasteiger partial charge on any atom is -0.479 e. The van der Waals surface area contributed by atoms with Crippen molar-refractivity contribution in [2.75, 3.05) is 0 Å². The number of hydrogen-bond donors (Lipinski definition) is 1. The Morgan fingerprint density at radius 2 is 2.12 bits per heavy atom. The first kappa shape index (κ1) is 17.5. The van der Waals surface area contributed by atoms with Crippen LogP contribution in [-0.4, -0.2) is 21.4 Å². The lowest BCUT2D eigenvalue weighted by Crippen LogP contribution is -2.36. The van der Waals surface area contributed by atoms with Crippen LogP contribution in [0.4, 0.5) is 4.39 Å². The highest BCUT2D eigenvalue weighted by Gasteiger charge is 2.16. The van der Waals surface area contributed by atoms with Gasteiger partial charge in [-0.25, -0.2) is 9.37 Å². The second-order valence-electron chi connectivity index (χ2n) is 5.40. The molecule has 1 unspecified atom stereocenters. The number of pyridine rings is 1. The van der Waals surface area contributed by atoms with Crippen LogP contribution < -0.4 is 10.1 Å². The smallest absolute Gasteiger partial charge is 0.261 e. The average Bonchev–Trinajstić information content (AvgIpc) is 2.97. The third-order valence-corrected chi connectivity index (χ3v) is 4.01.